The fourth-order valence-corrected chi connectivity index (χ4v) is 4.07. The van der Waals surface area contributed by atoms with Crippen molar-refractivity contribution in [1.29, 1.82) is 0 Å². The zero-order valence-corrected chi connectivity index (χ0v) is 17.5. The van der Waals surface area contributed by atoms with Crippen LogP contribution in [0.25, 0.3) is 11.0 Å². The zero-order chi connectivity index (χ0) is 20.8. The Labute approximate surface area is 174 Å². The van der Waals surface area contributed by atoms with E-state index in [1.165, 1.54) is 0 Å². The SMILES string of the molecule is Cc1c(C(=O)NCCc2ccc(Cl)cc2)oc2ccc3c(c12)C(O)CC(C)(C)O3. The molecule has 1 aromatic heterocycles. The van der Waals surface area contributed by atoms with Crippen molar-refractivity contribution in [2.24, 2.45) is 0 Å². The molecule has 2 aromatic carbocycles. The van der Waals surface area contributed by atoms with Gasteiger partial charge in [-0.05, 0) is 57.0 Å². The summed E-state index contributed by atoms with van der Waals surface area (Å²) in [7, 11) is 0. The number of ether oxygens (including phenoxy) is 1. The maximum atomic E-state index is 12.7. The predicted octanol–water partition coefficient (Wildman–Crippen LogP) is 4.96. The molecule has 0 bridgehead atoms. The molecule has 2 N–H and O–H groups in total. The average molecular weight is 414 g/mol. The Morgan fingerprint density at radius 2 is 1.97 bits per heavy atom. The maximum Gasteiger partial charge on any atom is 0.287 e. The number of benzene rings is 2. The summed E-state index contributed by atoms with van der Waals surface area (Å²) in [5, 5.41) is 15.1. The second kappa shape index (κ2) is 7.39. The third-order valence-corrected chi connectivity index (χ3v) is 5.57. The molecular weight excluding hydrogens is 390 g/mol. The summed E-state index contributed by atoms with van der Waals surface area (Å²) in [6.07, 6.45) is 0.500. The van der Waals surface area contributed by atoms with Gasteiger partial charge in [-0.1, -0.05) is 23.7 Å². The van der Waals surface area contributed by atoms with E-state index in [1.54, 1.807) is 12.1 Å². The number of rotatable bonds is 4. The Morgan fingerprint density at radius 1 is 1.24 bits per heavy atom. The molecule has 1 aliphatic rings. The second-order valence-electron chi connectivity index (χ2n) is 8.12. The topological polar surface area (TPSA) is 71.7 Å². The van der Waals surface area contributed by atoms with Gasteiger partial charge >= 0.3 is 0 Å². The molecule has 0 aliphatic carbocycles. The molecule has 4 rings (SSSR count). The van der Waals surface area contributed by atoms with Gasteiger partial charge in [0, 0.05) is 34.5 Å². The van der Waals surface area contributed by atoms with Crippen LogP contribution in [0.4, 0.5) is 0 Å². The van der Waals surface area contributed by atoms with Crippen LogP contribution in [0.2, 0.25) is 5.02 Å². The number of hydrogen-bond acceptors (Lipinski definition) is 4. The second-order valence-corrected chi connectivity index (χ2v) is 8.56. The van der Waals surface area contributed by atoms with Crippen molar-refractivity contribution in [2.45, 2.75) is 45.3 Å². The van der Waals surface area contributed by atoms with Crippen molar-refractivity contribution in [3.05, 3.63) is 63.9 Å². The third-order valence-electron chi connectivity index (χ3n) is 5.32. The molecule has 0 spiro atoms. The number of aliphatic hydroxyl groups excluding tert-OH is 1. The van der Waals surface area contributed by atoms with Crippen LogP contribution in [0.3, 0.4) is 0 Å². The molecule has 152 valence electrons. The molecule has 1 aliphatic heterocycles. The molecule has 0 saturated heterocycles. The van der Waals surface area contributed by atoms with Crippen LogP contribution in [0, 0.1) is 6.92 Å². The zero-order valence-electron chi connectivity index (χ0n) is 16.7. The van der Waals surface area contributed by atoms with Crippen molar-refractivity contribution in [1.82, 2.24) is 5.32 Å². The van der Waals surface area contributed by atoms with Crippen molar-refractivity contribution >= 4 is 28.5 Å². The summed E-state index contributed by atoms with van der Waals surface area (Å²) < 4.78 is 11.9. The number of fused-ring (bicyclic) bond motifs is 3. The first kappa shape index (κ1) is 19.8. The maximum absolute atomic E-state index is 12.7. The van der Waals surface area contributed by atoms with E-state index in [0.717, 1.165) is 10.9 Å². The molecule has 3 aromatic rings. The lowest BCUT2D eigenvalue weighted by Gasteiger charge is -2.35. The Morgan fingerprint density at radius 3 is 2.69 bits per heavy atom. The van der Waals surface area contributed by atoms with Gasteiger partial charge in [-0.25, -0.2) is 0 Å². The highest BCUT2D eigenvalue weighted by molar-refractivity contribution is 6.30. The molecule has 2 heterocycles. The summed E-state index contributed by atoms with van der Waals surface area (Å²) in [6, 6.07) is 11.1. The Hall–Kier alpha value is -2.50. The van der Waals surface area contributed by atoms with Gasteiger partial charge in [0.15, 0.2) is 5.76 Å². The molecule has 0 saturated carbocycles. The van der Waals surface area contributed by atoms with Gasteiger partial charge < -0.3 is 19.6 Å². The predicted molar refractivity (Wildman–Crippen MR) is 113 cm³/mol. The fraction of sp³-hybridized carbons (Fsp3) is 0.348. The lowest BCUT2D eigenvalue weighted by Crippen LogP contribution is -2.34. The van der Waals surface area contributed by atoms with Gasteiger partial charge in [0.1, 0.15) is 16.9 Å². The van der Waals surface area contributed by atoms with E-state index in [1.807, 2.05) is 45.0 Å². The first-order valence-corrected chi connectivity index (χ1v) is 10.1. The van der Waals surface area contributed by atoms with Crippen LogP contribution in [-0.2, 0) is 6.42 Å². The third kappa shape index (κ3) is 3.85. The molecule has 1 unspecified atom stereocenters. The number of furan rings is 1. The first-order valence-electron chi connectivity index (χ1n) is 9.71. The summed E-state index contributed by atoms with van der Waals surface area (Å²) >= 11 is 5.90. The fourth-order valence-electron chi connectivity index (χ4n) is 3.95. The van der Waals surface area contributed by atoms with Crippen molar-refractivity contribution in [2.75, 3.05) is 6.54 Å². The first-order chi connectivity index (χ1) is 13.7. The smallest absolute Gasteiger partial charge is 0.287 e. The number of halogens is 1. The van der Waals surface area contributed by atoms with E-state index in [-0.39, 0.29) is 11.7 Å². The Balaban J connectivity index is 1.57. The van der Waals surface area contributed by atoms with Crippen LogP contribution in [0.5, 0.6) is 5.75 Å². The molecular formula is C23H24ClNO4. The summed E-state index contributed by atoms with van der Waals surface area (Å²) in [4.78, 5) is 12.7. The van der Waals surface area contributed by atoms with Gasteiger partial charge in [-0.2, -0.15) is 0 Å². The summed E-state index contributed by atoms with van der Waals surface area (Å²) in [5.41, 5.74) is 2.63. The van der Waals surface area contributed by atoms with E-state index in [4.69, 9.17) is 20.8 Å². The molecule has 0 fully saturated rings. The lowest BCUT2D eigenvalue weighted by molar-refractivity contribution is 0.0126. The monoisotopic (exact) mass is 413 g/mol. The van der Waals surface area contributed by atoms with Gasteiger partial charge in [-0.3, -0.25) is 4.79 Å². The van der Waals surface area contributed by atoms with Crippen LogP contribution < -0.4 is 10.1 Å². The lowest BCUT2D eigenvalue weighted by atomic mass is 9.89. The van der Waals surface area contributed by atoms with Crippen molar-refractivity contribution in [3.8, 4) is 5.75 Å². The van der Waals surface area contributed by atoms with Gasteiger partial charge in [0.05, 0.1) is 6.10 Å². The Kier molecular flexibility index (Phi) is 5.05. The highest BCUT2D eigenvalue weighted by Crippen LogP contribution is 2.45. The Bertz CT molecular complexity index is 1070. The highest BCUT2D eigenvalue weighted by atomic mass is 35.5. The van der Waals surface area contributed by atoms with E-state index >= 15 is 0 Å². The normalized spacial score (nSPS) is 17.6. The highest BCUT2D eigenvalue weighted by Gasteiger charge is 2.35. The van der Waals surface area contributed by atoms with Crippen LogP contribution in [0.1, 0.15) is 53.6 Å². The molecule has 6 heteroatoms. The minimum Gasteiger partial charge on any atom is -0.487 e. The van der Waals surface area contributed by atoms with E-state index in [0.29, 0.717) is 46.9 Å². The molecule has 1 atom stereocenters. The van der Waals surface area contributed by atoms with Crippen molar-refractivity contribution < 1.29 is 19.1 Å². The van der Waals surface area contributed by atoms with Gasteiger partial charge in [0.2, 0.25) is 0 Å². The number of aliphatic hydroxyl groups is 1. The van der Waals surface area contributed by atoms with E-state index in [2.05, 4.69) is 5.32 Å². The number of carbonyl (C=O) groups excluding carboxylic acids is 1. The standard InChI is InChI=1S/C23H24ClNO4/c1-13-19-17(8-9-18-20(19)16(26)12-23(2,3)29-18)28-21(13)22(27)25-11-10-14-4-6-15(24)7-5-14/h4-9,16,26H,10-12H2,1-3H3,(H,25,27). The minimum absolute atomic E-state index is 0.265. The number of hydrogen-bond donors (Lipinski definition) is 2. The molecule has 5 nitrogen and oxygen atoms in total. The average Bonchev–Trinajstić information content (AvgIpc) is 2.99. The number of amides is 1. The number of carbonyl (C=O) groups is 1. The summed E-state index contributed by atoms with van der Waals surface area (Å²) in [6.45, 7) is 6.22. The largest absolute Gasteiger partial charge is 0.487 e. The van der Waals surface area contributed by atoms with Crippen molar-refractivity contribution in [3.63, 3.8) is 0 Å². The quantitative estimate of drug-likeness (QED) is 0.634. The number of aryl methyl sites for hydroxylation is 1. The van der Waals surface area contributed by atoms with Crippen LogP contribution >= 0.6 is 11.6 Å². The van der Waals surface area contributed by atoms with Crippen LogP contribution in [0.15, 0.2) is 40.8 Å². The molecule has 0 radical (unpaired) electrons. The van der Waals surface area contributed by atoms with Gasteiger partial charge in [0.25, 0.3) is 5.91 Å². The van der Waals surface area contributed by atoms with E-state index in [9.17, 15) is 9.90 Å². The van der Waals surface area contributed by atoms with E-state index < -0.39 is 11.7 Å². The van der Waals surface area contributed by atoms with Crippen LogP contribution in [-0.4, -0.2) is 23.2 Å². The molecule has 29 heavy (non-hydrogen) atoms. The number of nitrogens with one attached hydrogen (secondary N) is 1. The van der Waals surface area contributed by atoms with Gasteiger partial charge in [-0.15, -0.1) is 0 Å². The molecule has 1 amide bonds. The minimum atomic E-state index is -0.672. The summed E-state index contributed by atoms with van der Waals surface area (Å²) in [5.74, 6) is 0.634.